The number of piperidine rings is 1. The maximum Gasteiger partial charge on any atom is 0.573 e. The highest BCUT2D eigenvalue weighted by Gasteiger charge is 2.44. The molecule has 1 amide bonds. The first-order valence-corrected chi connectivity index (χ1v) is 15.2. The third-order valence-corrected chi connectivity index (χ3v) is 10.7. The van der Waals surface area contributed by atoms with Crippen LogP contribution >= 0.6 is 0 Å². The molecule has 1 aliphatic rings. The lowest BCUT2D eigenvalue weighted by molar-refractivity contribution is -0.274. The molecule has 0 radical (unpaired) electrons. The predicted molar refractivity (Wildman–Crippen MR) is 132 cm³/mol. The number of hydrogen-bond acceptors (Lipinski definition) is 6. The van der Waals surface area contributed by atoms with Crippen molar-refractivity contribution in [2.45, 2.75) is 60.4 Å². The fourth-order valence-corrected chi connectivity index (χ4v) is 7.47. The molecule has 0 saturated carbocycles. The van der Waals surface area contributed by atoms with E-state index in [2.05, 4.69) is 4.74 Å². The van der Waals surface area contributed by atoms with E-state index in [1.165, 1.54) is 36.9 Å². The number of alkyl halides is 5. The van der Waals surface area contributed by atoms with Crippen molar-refractivity contribution in [2.24, 2.45) is 5.92 Å². The van der Waals surface area contributed by atoms with E-state index in [-0.39, 0.29) is 46.8 Å². The van der Waals surface area contributed by atoms with Gasteiger partial charge in [0.15, 0.2) is 19.7 Å². The van der Waals surface area contributed by atoms with Crippen molar-refractivity contribution in [3.8, 4) is 5.75 Å². The van der Waals surface area contributed by atoms with Crippen LogP contribution in [0, 0.1) is 5.92 Å². The van der Waals surface area contributed by atoms with E-state index in [4.69, 9.17) is 0 Å². The Labute approximate surface area is 223 Å². The third kappa shape index (κ3) is 7.07. The second kappa shape index (κ2) is 11.0. The molecule has 0 bridgehead atoms. The number of nitrogens with zero attached hydrogens (tertiary/aromatic N) is 1. The Kier molecular flexibility index (Phi) is 8.71. The number of rotatable bonds is 8. The summed E-state index contributed by atoms with van der Waals surface area (Å²) in [6.07, 6.45) is -7.17. The lowest BCUT2D eigenvalue weighted by Gasteiger charge is -2.40. The third-order valence-electron chi connectivity index (χ3n) is 6.90. The number of benzene rings is 2. The maximum atomic E-state index is 13.4. The number of halogens is 5. The lowest BCUT2D eigenvalue weighted by atomic mass is 9.85. The van der Waals surface area contributed by atoms with Crippen LogP contribution in [-0.2, 0) is 26.1 Å². The Morgan fingerprint density at radius 3 is 2.18 bits per heavy atom. The summed E-state index contributed by atoms with van der Waals surface area (Å²) in [5.74, 6) is -1.65. The fraction of sp³-hybridized carbons (Fsp3) is 0.480. The van der Waals surface area contributed by atoms with E-state index >= 15 is 0 Å². The summed E-state index contributed by atoms with van der Waals surface area (Å²) in [5.41, 5.74) is -0.0975. The zero-order valence-corrected chi connectivity index (χ0v) is 23.0. The molecule has 1 heterocycles. The molecule has 7 nitrogen and oxygen atoms in total. The molecule has 2 aromatic carbocycles. The van der Waals surface area contributed by atoms with Crippen molar-refractivity contribution in [2.75, 3.05) is 19.3 Å². The number of sulfone groups is 2. The number of amides is 1. The molecule has 0 atom stereocenters. The van der Waals surface area contributed by atoms with Gasteiger partial charge < -0.3 is 9.64 Å². The molecule has 0 aromatic heterocycles. The van der Waals surface area contributed by atoms with E-state index in [0.717, 1.165) is 30.5 Å². The Morgan fingerprint density at radius 1 is 1.03 bits per heavy atom. The van der Waals surface area contributed by atoms with Gasteiger partial charge >= 0.3 is 6.36 Å². The average Bonchev–Trinajstić information content (AvgIpc) is 2.82. The molecule has 39 heavy (non-hydrogen) atoms. The van der Waals surface area contributed by atoms with E-state index in [0.29, 0.717) is 0 Å². The van der Waals surface area contributed by atoms with Crippen molar-refractivity contribution in [1.82, 2.24) is 4.90 Å². The molecule has 0 aliphatic carbocycles. The van der Waals surface area contributed by atoms with Crippen LogP contribution in [0.2, 0.25) is 0 Å². The van der Waals surface area contributed by atoms with Crippen molar-refractivity contribution >= 4 is 25.6 Å². The number of ether oxygens (including phenoxy) is 1. The minimum atomic E-state index is -4.98. The van der Waals surface area contributed by atoms with Crippen LogP contribution in [0.5, 0.6) is 5.75 Å². The molecule has 216 valence electrons. The first-order chi connectivity index (χ1) is 17.8. The quantitative estimate of drug-likeness (QED) is 0.402. The van der Waals surface area contributed by atoms with Crippen LogP contribution in [-0.4, -0.2) is 64.5 Å². The Morgan fingerprint density at radius 2 is 1.64 bits per heavy atom. The summed E-state index contributed by atoms with van der Waals surface area (Å²) in [5, 5.41) is 0. The van der Waals surface area contributed by atoms with Gasteiger partial charge in [0.2, 0.25) is 6.43 Å². The first kappa shape index (κ1) is 30.8. The van der Waals surface area contributed by atoms with Gasteiger partial charge in [-0.25, -0.2) is 25.6 Å². The molecular weight excluding hydrogens is 569 g/mol. The van der Waals surface area contributed by atoms with Crippen LogP contribution in [0.1, 0.15) is 42.6 Å². The largest absolute Gasteiger partial charge is 0.573 e. The lowest BCUT2D eigenvalue weighted by Crippen LogP contribution is -2.47. The molecule has 1 fully saturated rings. The van der Waals surface area contributed by atoms with Gasteiger partial charge in [0.05, 0.1) is 14.5 Å². The van der Waals surface area contributed by atoms with Gasteiger partial charge in [0.25, 0.3) is 5.91 Å². The van der Waals surface area contributed by atoms with Gasteiger partial charge in [-0.1, -0.05) is 12.1 Å². The number of carbonyl (C=O) groups excluding carboxylic acids is 1. The molecule has 1 saturated heterocycles. The summed E-state index contributed by atoms with van der Waals surface area (Å²) in [4.78, 5) is 13.8. The molecular formula is C25H28F5NO6S2. The maximum absolute atomic E-state index is 13.4. The number of likely N-dealkylation sites (tertiary alicyclic amines) is 1. The van der Waals surface area contributed by atoms with Crippen molar-refractivity contribution in [1.29, 1.82) is 0 Å². The van der Waals surface area contributed by atoms with Crippen molar-refractivity contribution in [3.63, 3.8) is 0 Å². The van der Waals surface area contributed by atoms with Gasteiger partial charge in [0, 0.05) is 31.3 Å². The van der Waals surface area contributed by atoms with E-state index in [1.807, 2.05) is 0 Å². The highest BCUT2D eigenvalue weighted by molar-refractivity contribution is 7.92. The monoisotopic (exact) mass is 597 g/mol. The van der Waals surface area contributed by atoms with Gasteiger partial charge in [-0.2, -0.15) is 0 Å². The second-order valence-corrected chi connectivity index (χ2v) is 14.4. The molecule has 2 aromatic rings. The Hall–Kier alpha value is -2.74. The van der Waals surface area contributed by atoms with Crippen LogP contribution in [0.25, 0.3) is 0 Å². The summed E-state index contributed by atoms with van der Waals surface area (Å²) in [6.45, 7) is 3.21. The summed E-state index contributed by atoms with van der Waals surface area (Å²) >= 11 is 0. The zero-order chi connectivity index (χ0) is 29.4. The van der Waals surface area contributed by atoms with Gasteiger partial charge in [-0.15, -0.1) is 13.2 Å². The van der Waals surface area contributed by atoms with Crippen LogP contribution in [0.15, 0.2) is 52.3 Å². The molecule has 14 heteroatoms. The van der Waals surface area contributed by atoms with E-state index < -0.39 is 61.2 Å². The standard InChI is InChI=1S/C25H28F5NO6S2/c1-24(2,39(35,36)20-6-4-5-19(15-20)37-25(28,29)30)18-9-11-31(12-10-18)23(32)17-8-7-16(14-22(26)27)21(13-17)38(3,33)34/h4-8,13,15,18,22H,9-12,14H2,1-3H3. The van der Waals surface area contributed by atoms with Crippen LogP contribution < -0.4 is 4.74 Å². The summed E-state index contributed by atoms with van der Waals surface area (Å²) < 4.78 is 117. The Bertz CT molecular complexity index is 1430. The van der Waals surface area contributed by atoms with E-state index in [1.54, 1.807) is 0 Å². The van der Waals surface area contributed by atoms with E-state index in [9.17, 15) is 43.6 Å². The Balaban J connectivity index is 1.77. The summed E-state index contributed by atoms with van der Waals surface area (Å²) in [7, 11) is -8.01. The van der Waals surface area contributed by atoms with Gasteiger partial charge in [-0.3, -0.25) is 4.79 Å². The normalized spacial score (nSPS) is 16.0. The number of hydrogen-bond donors (Lipinski definition) is 0. The molecule has 1 aliphatic heterocycles. The highest BCUT2D eigenvalue weighted by Crippen LogP contribution is 2.39. The minimum Gasteiger partial charge on any atom is -0.406 e. The van der Waals surface area contributed by atoms with Gasteiger partial charge in [0.1, 0.15) is 5.75 Å². The fourth-order valence-electron chi connectivity index (χ4n) is 4.69. The first-order valence-electron chi connectivity index (χ1n) is 11.8. The van der Waals surface area contributed by atoms with Crippen LogP contribution in [0.3, 0.4) is 0 Å². The SMILES string of the molecule is CC(C)(C1CCN(C(=O)c2ccc(CC(F)F)c(S(C)(=O)=O)c2)CC1)S(=O)(=O)c1cccc(OC(F)(F)F)c1. The minimum absolute atomic E-state index is 0.000234. The summed E-state index contributed by atoms with van der Waals surface area (Å²) in [6, 6.07) is 7.71. The number of carbonyl (C=O) groups is 1. The van der Waals surface area contributed by atoms with Crippen LogP contribution in [0.4, 0.5) is 22.0 Å². The molecule has 0 spiro atoms. The highest BCUT2D eigenvalue weighted by atomic mass is 32.2. The zero-order valence-electron chi connectivity index (χ0n) is 21.3. The van der Waals surface area contributed by atoms with Gasteiger partial charge in [-0.05, 0) is 68.5 Å². The predicted octanol–water partition coefficient (Wildman–Crippen LogP) is 4.90. The average molecular weight is 598 g/mol. The second-order valence-electron chi connectivity index (χ2n) is 9.89. The van der Waals surface area contributed by atoms with Crippen molar-refractivity contribution < 1.29 is 48.3 Å². The molecule has 0 N–H and O–H groups in total. The molecule has 3 rings (SSSR count). The van der Waals surface area contributed by atoms with Crippen molar-refractivity contribution in [3.05, 3.63) is 53.6 Å². The smallest absolute Gasteiger partial charge is 0.406 e. The topological polar surface area (TPSA) is 97.8 Å². The molecule has 0 unspecified atom stereocenters.